The molecule has 0 radical (unpaired) electrons. The number of anilines is 1. The van der Waals surface area contributed by atoms with E-state index in [1.165, 1.54) is 36.2 Å². The number of thiazole rings is 1. The van der Waals surface area contributed by atoms with Crippen LogP contribution in [0.5, 0.6) is 0 Å². The largest absolute Gasteiger partial charge is 0.283 e. The van der Waals surface area contributed by atoms with E-state index in [9.17, 15) is 9.18 Å². The van der Waals surface area contributed by atoms with Crippen molar-refractivity contribution in [2.45, 2.75) is 38.6 Å². The highest BCUT2D eigenvalue weighted by atomic mass is 32.1. The third kappa shape index (κ3) is 3.58. The predicted octanol–water partition coefficient (Wildman–Crippen LogP) is 4.34. The number of benzene rings is 1. The van der Waals surface area contributed by atoms with Crippen molar-refractivity contribution >= 4 is 32.6 Å². The fourth-order valence-electron chi connectivity index (χ4n) is 3.41. The quantitative estimate of drug-likeness (QED) is 0.685. The summed E-state index contributed by atoms with van der Waals surface area (Å²) in [5.41, 5.74) is 1.55. The SMILES string of the molecule is O=C(C1CCCCC1)N(Cc1cncnc1)c1nc2ccc(F)cc2s1. The van der Waals surface area contributed by atoms with E-state index in [-0.39, 0.29) is 17.6 Å². The standard InChI is InChI=1S/C19H19FN4OS/c20-15-6-7-16-17(8-15)26-19(23-16)24(11-13-9-21-12-22-10-13)18(25)14-4-2-1-3-5-14/h6-10,12,14H,1-5,11H2. The van der Waals surface area contributed by atoms with Crippen LogP contribution in [-0.4, -0.2) is 20.9 Å². The molecule has 1 aliphatic rings. The highest BCUT2D eigenvalue weighted by Gasteiger charge is 2.29. The van der Waals surface area contributed by atoms with E-state index in [0.717, 1.165) is 35.9 Å². The molecule has 2 aromatic heterocycles. The molecule has 1 aliphatic carbocycles. The number of carbonyl (C=O) groups excluding carboxylic acids is 1. The first-order valence-corrected chi connectivity index (χ1v) is 9.64. The Morgan fingerprint density at radius 3 is 2.73 bits per heavy atom. The van der Waals surface area contributed by atoms with Crippen molar-refractivity contribution in [3.63, 3.8) is 0 Å². The fraction of sp³-hybridized carbons (Fsp3) is 0.368. The summed E-state index contributed by atoms with van der Waals surface area (Å²) in [6.45, 7) is 0.373. The number of rotatable bonds is 4. The Balaban J connectivity index is 1.69. The van der Waals surface area contributed by atoms with Gasteiger partial charge in [0.15, 0.2) is 5.13 Å². The summed E-state index contributed by atoms with van der Waals surface area (Å²) >= 11 is 1.34. The molecule has 0 spiro atoms. The molecule has 7 heteroatoms. The second-order valence-electron chi connectivity index (χ2n) is 6.61. The van der Waals surface area contributed by atoms with E-state index in [1.54, 1.807) is 23.4 Å². The Morgan fingerprint density at radius 1 is 1.19 bits per heavy atom. The van der Waals surface area contributed by atoms with Crippen molar-refractivity contribution in [2.24, 2.45) is 5.92 Å². The zero-order valence-corrected chi connectivity index (χ0v) is 15.1. The average molecular weight is 370 g/mol. The molecule has 1 aromatic carbocycles. The second kappa shape index (κ2) is 7.45. The van der Waals surface area contributed by atoms with Crippen molar-refractivity contribution in [3.05, 3.63) is 48.3 Å². The van der Waals surface area contributed by atoms with Crippen LogP contribution in [0.2, 0.25) is 0 Å². The Kier molecular flexibility index (Phi) is 4.88. The van der Waals surface area contributed by atoms with Gasteiger partial charge < -0.3 is 0 Å². The van der Waals surface area contributed by atoms with Crippen molar-refractivity contribution in [1.29, 1.82) is 0 Å². The molecule has 5 nitrogen and oxygen atoms in total. The summed E-state index contributed by atoms with van der Waals surface area (Å²) in [5, 5.41) is 0.602. The topological polar surface area (TPSA) is 59.0 Å². The molecule has 0 bridgehead atoms. The van der Waals surface area contributed by atoms with Gasteiger partial charge in [-0.25, -0.2) is 19.3 Å². The van der Waals surface area contributed by atoms with Gasteiger partial charge >= 0.3 is 0 Å². The molecule has 1 amide bonds. The fourth-order valence-corrected chi connectivity index (χ4v) is 4.40. The molecule has 1 fully saturated rings. The first kappa shape index (κ1) is 17.0. The maximum absolute atomic E-state index is 13.5. The molecule has 0 atom stereocenters. The van der Waals surface area contributed by atoms with Crippen LogP contribution >= 0.6 is 11.3 Å². The molecule has 0 N–H and O–H groups in total. The van der Waals surface area contributed by atoms with Crippen molar-refractivity contribution in [3.8, 4) is 0 Å². The van der Waals surface area contributed by atoms with E-state index in [0.29, 0.717) is 17.2 Å². The average Bonchev–Trinajstić information content (AvgIpc) is 3.10. The summed E-state index contributed by atoms with van der Waals surface area (Å²) < 4.78 is 14.3. The minimum absolute atomic E-state index is 0.0251. The molecule has 0 aliphatic heterocycles. The molecule has 0 saturated heterocycles. The van der Waals surface area contributed by atoms with Crippen LogP contribution in [0.15, 0.2) is 36.9 Å². The highest BCUT2D eigenvalue weighted by molar-refractivity contribution is 7.22. The van der Waals surface area contributed by atoms with Gasteiger partial charge in [-0.05, 0) is 31.0 Å². The van der Waals surface area contributed by atoms with E-state index < -0.39 is 0 Å². The highest BCUT2D eigenvalue weighted by Crippen LogP contribution is 2.33. The van der Waals surface area contributed by atoms with Crippen LogP contribution in [-0.2, 0) is 11.3 Å². The molecular weight excluding hydrogens is 351 g/mol. The van der Waals surface area contributed by atoms with Gasteiger partial charge in [0.2, 0.25) is 5.91 Å². The Bertz CT molecular complexity index is 908. The molecule has 4 rings (SSSR count). The molecule has 134 valence electrons. The predicted molar refractivity (Wildman–Crippen MR) is 99.4 cm³/mol. The number of nitrogens with zero attached hydrogens (tertiary/aromatic N) is 4. The van der Waals surface area contributed by atoms with E-state index >= 15 is 0 Å². The monoisotopic (exact) mass is 370 g/mol. The molecular formula is C19H19FN4OS. The lowest BCUT2D eigenvalue weighted by atomic mass is 9.88. The minimum Gasteiger partial charge on any atom is -0.283 e. The number of carbonyl (C=O) groups is 1. The number of hydrogen-bond acceptors (Lipinski definition) is 5. The summed E-state index contributed by atoms with van der Waals surface area (Å²) in [6.07, 6.45) is 10.1. The second-order valence-corrected chi connectivity index (χ2v) is 7.62. The van der Waals surface area contributed by atoms with Gasteiger partial charge in [0, 0.05) is 23.9 Å². The maximum atomic E-state index is 13.5. The minimum atomic E-state index is -0.297. The van der Waals surface area contributed by atoms with Gasteiger partial charge in [0.25, 0.3) is 0 Å². The van der Waals surface area contributed by atoms with Gasteiger partial charge in [0.1, 0.15) is 12.1 Å². The zero-order chi connectivity index (χ0) is 17.9. The summed E-state index contributed by atoms with van der Waals surface area (Å²) in [5.74, 6) is -0.181. The lowest BCUT2D eigenvalue weighted by Crippen LogP contribution is -2.36. The van der Waals surface area contributed by atoms with E-state index in [1.807, 2.05) is 0 Å². The molecule has 0 unspecified atom stereocenters. The molecule has 2 heterocycles. The van der Waals surface area contributed by atoms with Crippen LogP contribution in [0.25, 0.3) is 10.2 Å². The maximum Gasteiger partial charge on any atom is 0.232 e. The Hall–Kier alpha value is -2.41. The normalized spacial score (nSPS) is 15.3. The van der Waals surface area contributed by atoms with Gasteiger partial charge in [0.05, 0.1) is 16.8 Å². The lowest BCUT2D eigenvalue weighted by molar-refractivity contribution is -0.123. The first-order valence-electron chi connectivity index (χ1n) is 8.82. The van der Waals surface area contributed by atoms with Crippen LogP contribution in [0.1, 0.15) is 37.7 Å². The lowest BCUT2D eigenvalue weighted by Gasteiger charge is -2.27. The van der Waals surface area contributed by atoms with Crippen molar-refractivity contribution < 1.29 is 9.18 Å². The smallest absolute Gasteiger partial charge is 0.232 e. The summed E-state index contributed by atoms with van der Waals surface area (Å²) in [6, 6.07) is 4.51. The van der Waals surface area contributed by atoms with E-state index in [4.69, 9.17) is 0 Å². The van der Waals surface area contributed by atoms with Crippen LogP contribution in [0.3, 0.4) is 0 Å². The van der Waals surface area contributed by atoms with Crippen molar-refractivity contribution in [1.82, 2.24) is 15.0 Å². The molecule has 3 aromatic rings. The zero-order valence-electron chi connectivity index (χ0n) is 14.3. The van der Waals surface area contributed by atoms with Gasteiger partial charge in [-0.1, -0.05) is 30.6 Å². The van der Waals surface area contributed by atoms with E-state index in [2.05, 4.69) is 15.0 Å². The van der Waals surface area contributed by atoms with Crippen LogP contribution in [0.4, 0.5) is 9.52 Å². The number of amides is 1. The van der Waals surface area contributed by atoms with Crippen molar-refractivity contribution in [2.75, 3.05) is 4.90 Å². The van der Waals surface area contributed by atoms with Gasteiger partial charge in [-0.2, -0.15) is 0 Å². The number of aromatic nitrogens is 3. The Morgan fingerprint density at radius 2 is 1.96 bits per heavy atom. The number of halogens is 1. The first-order chi connectivity index (χ1) is 12.7. The third-order valence-electron chi connectivity index (χ3n) is 4.75. The molecule has 1 saturated carbocycles. The summed E-state index contributed by atoms with van der Waals surface area (Å²) in [4.78, 5) is 27.6. The number of hydrogen-bond donors (Lipinski definition) is 0. The third-order valence-corrected chi connectivity index (χ3v) is 5.79. The van der Waals surface area contributed by atoms with Gasteiger partial charge in [-0.3, -0.25) is 9.69 Å². The Labute approximate surface area is 154 Å². The van der Waals surface area contributed by atoms with Crippen LogP contribution in [0, 0.1) is 11.7 Å². The summed E-state index contributed by atoms with van der Waals surface area (Å²) in [7, 11) is 0. The van der Waals surface area contributed by atoms with Gasteiger partial charge in [-0.15, -0.1) is 0 Å². The molecule has 26 heavy (non-hydrogen) atoms. The number of fused-ring (bicyclic) bond motifs is 1. The van der Waals surface area contributed by atoms with Crippen LogP contribution < -0.4 is 4.90 Å².